The van der Waals surface area contributed by atoms with Crippen molar-refractivity contribution in [3.63, 3.8) is 0 Å². The maximum Gasteiger partial charge on any atom is 0.365 e. The number of halogens is 2. The minimum Gasteiger partial charge on any atom is -0.324 e. The molecule has 3 rings (SSSR count). The van der Waals surface area contributed by atoms with Gasteiger partial charge in [0.1, 0.15) is 12.4 Å². The van der Waals surface area contributed by atoms with Crippen molar-refractivity contribution in [2.24, 2.45) is 0 Å². The maximum absolute atomic E-state index is 13.1. The molecule has 126 valence electrons. The number of benzene rings is 2. The molecule has 1 heterocycles. The van der Waals surface area contributed by atoms with Gasteiger partial charge in [0.2, 0.25) is 5.91 Å². The van der Waals surface area contributed by atoms with E-state index in [0.29, 0.717) is 22.0 Å². The number of nitrogens with zero attached hydrogens (tertiary/aromatic N) is 3. The van der Waals surface area contributed by atoms with Crippen LogP contribution in [0.25, 0.3) is 11.3 Å². The van der Waals surface area contributed by atoms with Crippen molar-refractivity contribution in [2.75, 3.05) is 5.32 Å². The van der Waals surface area contributed by atoms with Crippen LogP contribution in [0.3, 0.4) is 0 Å². The van der Waals surface area contributed by atoms with Gasteiger partial charge in [-0.2, -0.15) is 10.1 Å². The van der Waals surface area contributed by atoms with Crippen LogP contribution in [0.1, 0.15) is 0 Å². The minimum absolute atomic E-state index is 0.295. The number of hydrogen-bond acceptors (Lipinski definition) is 4. The second-order valence-corrected chi connectivity index (χ2v) is 5.58. The fourth-order valence-corrected chi connectivity index (χ4v) is 2.26. The third-order valence-corrected chi connectivity index (χ3v) is 3.55. The zero-order chi connectivity index (χ0) is 17.8. The third-order valence-electron chi connectivity index (χ3n) is 3.30. The third kappa shape index (κ3) is 4.27. The number of amides is 1. The summed E-state index contributed by atoms with van der Waals surface area (Å²) in [6.07, 6.45) is 1.39. The molecule has 0 fully saturated rings. The van der Waals surface area contributed by atoms with E-state index < -0.39 is 17.4 Å². The lowest BCUT2D eigenvalue weighted by atomic mass is 10.2. The number of carbonyl (C=O) groups excluding carboxylic acids is 1. The molecule has 0 aliphatic rings. The lowest BCUT2D eigenvalue weighted by Gasteiger charge is -2.07. The number of nitrogens with one attached hydrogen (secondary N) is 1. The highest BCUT2D eigenvalue weighted by molar-refractivity contribution is 6.30. The summed E-state index contributed by atoms with van der Waals surface area (Å²) in [4.78, 5) is 27.9. The maximum atomic E-state index is 13.1. The lowest BCUT2D eigenvalue weighted by molar-refractivity contribution is -0.117. The van der Waals surface area contributed by atoms with E-state index in [-0.39, 0.29) is 6.54 Å². The highest BCUT2D eigenvalue weighted by Crippen LogP contribution is 2.17. The Morgan fingerprint density at radius 2 is 1.96 bits per heavy atom. The van der Waals surface area contributed by atoms with Gasteiger partial charge in [-0.3, -0.25) is 4.79 Å². The minimum atomic E-state index is -0.665. The van der Waals surface area contributed by atoms with Gasteiger partial charge >= 0.3 is 5.69 Å². The summed E-state index contributed by atoms with van der Waals surface area (Å²) in [6, 6.07) is 12.2. The number of aromatic nitrogens is 3. The molecule has 0 aliphatic carbocycles. The van der Waals surface area contributed by atoms with Crippen LogP contribution in [0.4, 0.5) is 10.1 Å². The zero-order valence-corrected chi connectivity index (χ0v) is 13.6. The van der Waals surface area contributed by atoms with Gasteiger partial charge in [0.15, 0.2) is 0 Å². The summed E-state index contributed by atoms with van der Waals surface area (Å²) < 4.78 is 14.0. The highest BCUT2D eigenvalue weighted by Gasteiger charge is 2.09. The lowest BCUT2D eigenvalue weighted by Crippen LogP contribution is -2.31. The number of anilines is 1. The SMILES string of the molecule is O=C(Cn1ncc(-c2ccc(Cl)cc2)nc1=O)Nc1cccc(F)c1. The highest BCUT2D eigenvalue weighted by atomic mass is 35.5. The van der Waals surface area contributed by atoms with Crippen molar-refractivity contribution in [3.05, 3.63) is 76.1 Å². The molecule has 2 aromatic carbocycles. The summed E-state index contributed by atoms with van der Waals surface area (Å²) in [7, 11) is 0. The van der Waals surface area contributed by atoms with Crippen LogP contribution < -0.4 is 11.0 Å². The molecule has 1 N–H and O–H groups in total. The van der Waals surface area contributed by atoms with Crippen LogP contribution in [0.15, 0.2) is 59.5 Å². The van der Waals surface area contributed by atoms with Crippen LogP contribution in [-0.4, -0.2) is 20.7 Å². The monoisotopic (exact) mass is 358 g/mol. The molecule has 0 saturated carbocycles. The van der Waals surface area contributed by atoms with E-state index in [4.69, 9.17) is 11.6 Å². The fraction of sp³-hybridized carbons (Fsp3) is 0.0588. The van der Waals surface area contributed by atoms with E-state index in [0.717, 1.165) is 4.68 Å². The normalized spacial score (nSPS) is 10.5. The number of rotatable bonds is 4. The van der Waals surface area contributed by atoms with Crippen molar-refractivity contribution in [1.29, 1.82) is 0 Å². The van der Waals surface area contributed by atoms with Crippen molar-refractivity contribution in [3.8, 4) is 11.3 Å². The molecular formula is C17H12ClFN4O2. The van der Waals surface area contributed by atoms with Gasteiger partial charge in [-0.05, 0) is 30.3 Å². The van der Waals surface area contributed by atoms with Gasteiger partial charge in [0.25, 0.3) is 0 Å². The molecule has 0 atom stereocenters. The molecule has 0 bridgehead atoms. The molecule has 0 unspecified atom stereocenters. The number of carbonyl (C=O) groups is 1. The predicted octanol–water partition coefficient (Wildman–Crippen LogP) is 2.74. The molecule has 0 radical (unpaired) electrons. The molecule has 1 aromatic heterocycles. The summed E-state index contributed by atoms with van der Waals surface area (Å²) in [5, 5.41) is 7.01. The predicted molar refractivity (Wildman–Crippen MR) is 91.8 cm³/mol. The molecule has 25 heavy (non-hydrogen) atoms. The van der Waals surface area contributed by atoms with Crippen molar-refractivity contribution >= 4 is 23.2 Å². The Labute approximate surface area is 146 Å². The van der Waals surface area contributed by atoms with E-state index in [9.17, 15) is 14.0 Å². The Kier molecular flexibility index (Phi) is 4.85. The smallest absolute Gasteiger partial charge is 0.324 e. The van der Waals surface area contributed by atoms with Crippen LogP contribution in [0.2, 0.25) is 5.02 Å². The first kappa shape index (κ1) is 16.8. The Bertz CT molecular complexity index is 973. The average molecular weight is 359 g/mol. The van der Waals surface area contributed by atoms with Crippen LogP contribution >= 0.6 is 11.6 Å². The van der Waals surface area contributed by atoms with Crippen LogP contribution in [0, 0.1) is 5.82 Å². The van der Waals surface area contributed by atoms with Gasteiger partial charge in [-0.15, -0.1) is 0 Å². The van der Waals surface area contributed by atoms with Gasteiger partial charge in [0.05, 0.1) is 11.9 Å². The van der Waals surface area contributed by atoms with Crippen molar-refractivity contribution < 1.29 is 9.18 Å². The Morgan fingerprint density at radius 3 is 2.64 bits per heavy atom. The first-order valence-electron chi connectivity index (χ1n) is 7.27. The fourth-order valence-electron chi connectivity index (χ4n) is 2.13. The van der Waals surface area contributed by atoms with Crippen molar-refractivity contribution in [1.82, 2.24) is 14.8 Å². The number of hydrogen-bond donors (Lipinski definition) is 1. The topological polar surface area (TPSA) is 76.9 Å². The summed E-state index contributed by atoms with van der Waals surface area (Å²) in [5.74, 6) is -0.983. The van der Waals surface area contributed by atoms with Gasteiger partial charge in [-0.25, -0.2) is 13.9 Å². The first-order chi connectivity index (χ1) is 12.0. The average Bonchev–Trinajstić information content (AvgIpc) is 2.57. The Balaban J connectivity index is 1.74. The molecule has 1 amide bonds. The van der Waals surface area contributed by atoms with E-state index in [1.807, 2.05) is 0 Å². The van der Waals surface area contributed by atoms with E-state index in [2.05, 4.69) is 15.4 Å². The molecule has 0 saturated heterocycles. The second kappa shape index (κ2) is 7.23. The first-order valence-corrected chi connectivity index (χ1v) is 7.64. The molecule has 8 heteroatoms. The molecule has 0 spiro atoms. The van der Waals surface area contributed by atoms with Gasteiger partial charge in [-0.1, -0.05) is 29.8 Å². The van der Waals surface area contributed by atoms with E-state index in [1.165, 1.54) is 24.4 Å². The van der Waals surface area contributed by atoms with Crippen LogP contribution in [-0.2, 0) is 11.3 Å². The standard InChI is InChI=1S/C17H12ClFN4O2/c18-12-6-4-11(5-7-12)15-9-20-23(17(25)22-15)10-16(24)21-14-3-1-2-13(19)8-14/h1-9H,10H2,(H,21,24). The van der Waals surface area contributed by atoms with Gasteiger partial charge < -0.3 is 5.32 Å². The second-order valence-electron chi connectivity index (χ2n) is 5.15. The van der Waals surface area contributed by atoms with Crippen molar-refractivity contribution in [2.45, 2.75) is 6.54 Å². The van der Waals surface area contributed by atoms with E-state index >= 15 is 0 Å². The van der Waals surface area contributed by atoms with E-state index in [1.54, 1.807) is 30.3 Å². The molecule has 3 aromatic rings. The van der Waals surface area contributed by atoms with Crippen LogP contribution in [0.5, 0.6) is 0 Å². The Hall–Kier alpha value is -3.06. The van der Waals surface area contributed by atoms with Gasteiger partial charge in [0, 0.05) is 16.3 Å². The summed E-state index contributed by atoms with van der Waals surface area (Å²) >= 11 is 5.82. The summed E-state index contributed by atoms with van der Waals surface area (Å²) in [5.41, 5.74) is 0.694. The molecule has 6 nitrogen and oxygen atoms in total. The quantitative estimate of drug-likeness (QED) is 0.778. The molecular weight excluding hydrogens is 347 g/mol. The zero-order valence-electron chi connectivity index (χ0n) is 12.8. The molecule has 0 aliphatic heterocycles. The largest absolute Gasteiger partial charge is 0.365 e. The summed E-state index contributed by atoms with van der Waals surface area (Å²) in [6.45, 7) is -0.330. The Morgan fingerprint density at radius 1 is 1.20 bits per heavy atom.